The number of carbonyl (C=O) groups excluding carboxylic acids is 1. The molecule has 1 saturated carbocycles. The quantitative estimate of drug-likeness (QED) is 0.479. The maximum Gasteiger partial charge on any atom is 0.338 e. The molecular formula is C14H16ClNO4. The minimum atomic E-state index is -0.584. The molecule has 0 aromatic heterocycles. The number of carbonyl (C=O) groups is 1. The number of hydrogen-bond acceptors (Lipinski definition) is 4. The van der Waals surface area contributed by atoms with Crippen molar-refractivity contribution in [1.82, 2.24) is 0 Å². The van der Waals surface area contributed by atoms with E-state index in [0.717, 1.165) is 12.8 Å². The summed E-state index contributed by atoms with van der Waals surface area (Å²) in [5.74, 6) is -0.0476. The van der Waals surface area contributed by atoms with Crippen LogP contribution < -0.4 is 0 Å². The number of halogens is 1. The lowest BCUT2D eigenvalue weighted by Gasteiger charge is -2.21. The van der Waals surface area contributed by atoms with Crippen LogP contribution >= 0.6 is 11.6 Å². The number of nitrogens with zero attached hydrogens (tertiary/aromatic N) is 1. The second-order valence-corrected chi connectivity index (χ2v) is 5.43. The molecule has 0 N–H and O–H groups in total. The highest BCUT2D eigenvalue weighted by atomic mass is 35.5. The highest BCUT2D eigenvalue weighted by molar-refractivity contribution is 6.33. The average molecular weight is 298 g/mol. The summed E-state index contributed by atoms with van der Waals surface area (Å²) >= 11 is 5.77. The second kappa shape index (κ2) is 6.70. The maximum atomic E-state index is 11.9. The van der Waals surface area contributed by atoms with Gasteiger partial charge in [0.2, 0.25) is 0 Å². The van der Waals surface area contributed by atoms with Gasteiger partial charge in [0.1, 0.15) is 5.02 Å². The van der Waals surface area contributed by atoms with Gasteiger partial charge in [0, 0.05) is 6.07 Å². The van der Waals surface area contributed by atoms with Crippen LogP contribution in [0.3, 0.4) is 0 Å². The zero-order valence-electron chi connectivity index (χ0n) is 11.0. The van der Waals surface area contributed by atoms with E-state index in [1.165, 1.54) is 37.5 Å². The van der Waals surface area contributed by atoms with Crippen LogP contribution in [0, 0.1) is 16.0 Å². The lowest BCUT2D eigenvalue weighted by molar-refractivity contribution is -0.384. The van der Waals surface area contributed by atoms with Crippen molar-refractivity contribution < 1.29 is 14.5 Å². The largest absolute Gasteiger partial charge is 0.462 e. The summed E-state index contributed by atoms with van der Waals surface area (Å²) in [5, 5.41) is 10.6. The van der Waals surface area contributed by atoms with Gasteiger partial charge in [0.15, 0.2) is 0 Å². The van der Waals surface area contributed by atoms with Crippen LogP contribution in [-0.4, -0.2) is 17.5 Å². The Morgan fingerprint density at radius 3 is 2.65 bits per heavy atom. The molecule has 2 rings (SSSR count). The van der Waals surface area contributed by atoms with Crippen molar-refractivity contribution in [3.05, 3.63) is 38.9 Å². The van der Waals surface area contributed by atoms with Crippen LogP contribution in [0.15, 0.2) is 18.2 Å². The Labute approximate surface area is 122 Å². The number of rotatable bonds is 4. The van der Waals surface area contributed by atoms with Crippen molar-refractivity contribution >= 4 is 23.3 Å². The Balaban J connectivity index is 1.95. The summed E-state index contributed by atoms with van der Waals surface area (Å²) in [6, 6.07) is 3.87. The summed E-state index contributed by atoms with van der Waals surface area (Å²) in [4.78, 5) is 21.9. The predicted octanol–water partition coefficient (Wildman–Crippen LogP) is 3.99. The van der Waals surface area contributed by atoms with Gasteiger partial charge in [-0.1, -0.05) is 30.9 Å². The molecule has 6 heteroatoms. The molecule has 0 bridgehead atoms. The molecule has 1 aromatic rings. The van der Waals surface area contributed by atoms with Crippen molar-refractivity contribution in [3.63, 3.8) is 0 Å². The monoisotopic (exact) mass is 297 g/mol. The molecule has 1 fully saturated rings. The van der Waals surface area contributed by atoms with Gasteiger partial charge in [-0.3, -0.25) is 10.1 Å². The summed E-state index contributed by atoms with van der Waals surface area (Å²) in [6.07, 6.45) is 5.81. The van der Waals surface area contributed by atoms with Crippen molar-refractivity contribution in [3.8, 4) is 0 Å². The molecule has 0 aliphatic heterocycles. The molecule has 0 amide bonds. The Kier molecular flexibility index (Phi) is 4.95. The average Bonchev–Trinajstić information content (AvgIpc) is 2.45. The minimum Gasteiger partial charge on any atom is -0.462 e. The fourth-order valence-electron chi connectivity index (χ4n) is 2.41. The van der Waals surface area contributed by atoms with Crippen molar-refractivity contribution in [2.24, 2.45) is 5.92 Å². The molecule has 0 heterocycles. The summed E-state index contributed by atoms with van der Waals surface area (Å²) < 4.78 is 5.26. The first kappa shape index (κ1) is 14.8. The third-order valence-electron chi connectivity index (χ3n) is 3.55. The van der Waals surface area contributed by atoms with Crippen LogP contribution in [0.2, 0.25) is 5.02 Å². The number of hydrogen-bond donors (Lipinski definition) is 0. The van der Waals surface area contributed by atoms with Gasteiger partial charge in [-0.25, -0.2) is 4.79 Å². The van der Waals surface area contributed by atoms with Crippen LogP contribution in [-0.2, 0) is 4.74 Å². The van der Waals surface area contributed by atoms with Gasteiger partial charge in [-0.05, 0) is 30.9 Å². The van der Waals surface area contributed by atoms with Crippen molar-refractivity contribution in [2.75, 3.05) is 6.61 Å². The molecule has 0 spiro atoms. The Hall–Kier alpha value is -1.62. The lowest BCUT2D eigenvalue weighted by Crippen LogP contribution is -2.16. The van der Waals surface area contributed by atoms with Crippen molar-refractivity contribution in [2.45, 2.75) is 32.1 Å². The fourth-order valence-corrected chi connectivity index (χ4v) is 2.66. The molecule has 1 aliphatic carbocycles. The van der Waals surface area contributed by atoms with Crippen LogP contribution in [0.25, 0.3) is 0 Å². The van der Waals surface area contributed by atoms with E-state index in [2.05, 4.69) is 0 Å². The number of esters is 1. The van der Waals surface area contributed by atoms with E-state index in [9.17, 15) is 14.9 Å². The van der Waals surface area contributed by atoms with E-state index < -0.39 is 10.9 Å². The number of ether oxygens (including phenoxy) is 1. The molecule has 5 nitrogen and oxygen atoms in total. The van der Waals surface area contributed by atoms with E-state index in [0.29, 0.717) is 12.5 Å². The zero-order valence-corrected chi connectivity index (χ0v) is 11.8. The minimum absolute atomic E-state index is 0.0536. The molecule has 1 aromatic carbocycles. The molecule has 20 heavy (non-hydrogen) atoms. The Bertz CT molecular complexity index is 512. The van der Waals surface area contributed by atoms with Gasteiger partial charge >= 0.3 is 5.97 Å². The third-order valence-corrected chi connectivity index (χ3v) is 3.86. The smallest absolute Gasteiger partial charge is 0.338 e. The van der Waals surface area contributed by atoms with Gasteiger partial charge in [0.05, 0.1) is 17.1 Å². The second-order valence-electron chi connectivity index (χ2n) is 5.03. The van der Waals surface area contributed by atoms with Gasteiger partial charge in [-0.2, -0.15) is 0 Å². The van der Waals surface area contributed by atoms with Gasteiger partial charge < -0.3 is 4.74 Å². The van der Waals surface area contributed by atoms with E-state index in [1.807, 2.05) is 0 Å². The van der Waals surface area contributed by atoms with Gasteiger partial charge in [-0.15, -0.1) is 0 Å². The van der Waals surface area contributed by atoms with Crippen molar-refractivity contribution in [1.29, 1.82) is 0 Å². The first-order valence-corrected chi connectivity index (χ1v) is 7.07. The first-order chi connectivity index (χ1) is 9.58. The topological polar surface area (TPSA) is 69.4 Å². The fraction of sp³-hybridized carbons (Fsp3) is 0.500. The first-order valence-electron chi connectivity index (χ1n) is 6.69. The van der Waals surface area contributed by atoms with E-state index >= 15 is 0 Å². The standard InChI is InChI=1S/C14H16ClNO4/c15-12-8-11(6-7-13(12)16(18)19)14(17)20-9-10-4-2-1-3-5-10/h6-8,10H,1-5,9H2. The predicted molar refractivity (Wildman–Crippen MR) is 75.0 cm³/mol. The molecular weight excluding hydrogens is 282 g/mol. The molecule has 0 radical (unpaired) electrons. The summed E-state index contributed by atoms with van der Waals surface area (Å²) in [6.45, 7) is 0.410. The molecule has 0 saturated heterocycles. The number of nitro benzene ring substituents is 1. The van der Waals surface area contributed by atoms with Crippen LogP contribution in [0.5, 0.6) is 0 Å². The summed E-state index contributed by atoms with van der Waals surface area (Å²) in [7, 11) is 0. The number of benzene rings is 1. The maximum absolute atomic E-state index is 11.9. The lowest BCUT2D eigenvalue weighted by atomic mass is 9.90. The number of nitro groups is 1. The van der Waals surface area contributed by atoms with Gasteiger partial charge in [0.25, 0.3) is 5.69 Å². The molecule has 0 unspecified atom stereocenters. The van der Waals surface area contributed by atoms with E-state index in [1.54, 1.807) is 0 Å². The molecule has 0 atom stereocenters. The Morgan fingerprint density at radius 2 is 2.05 bits per heavy atom. The zero-order chi connectivity index (χ0) is 14.5. The highest BCUT2D eigenvalue weighted by Crippen LogP contribution is 2.26. The van der Waals surface area contributed by atoms with Crippen LogP contribution in [0.4, 0.5) is 5.69 Å². The SMILES string of the molecule is O=C(OCC1CCCCC1)c1ccc([N+](=O)[O-])c(Cl)c1. The van der Waals surface area contributed by atoms with E-state index in [-0.39, 0.29) is 16.3 Å². The molecule has 108 valence electrons. The highest BCUT2D eigenvalue weighted by Gasteiger charge is 2.18. The Morgan fingerprint density at radius 1 is 1.35 bits per heavy atom. The van der Waals surface area contributed by atoms with Crippen LogP contribution in [0.1, 0.15) is 42.5 Å². The third kappa shape index (κ3) is 3.70. The summed E-state index contributed by atoms with van der Waals surface area (Å²) in [5.41, 5.74) is 0.0342. The molecule has 1 aliphatic rings. The van der Waals surface area contributed by atoms with E-state index in [4.69, 9.17) is 16.3 Å². The normalized spacial score (nSPS) is 15.8.